The molecule has 2 atom stereocenters. The zero-order valence-electron chi connectivity index (χ0n) is 19.7. The molecular weight excluding hydrogens is 420 g/mol. The Morgan fingerprint density at radius 3 is 1.39 bits per heavy atom. The Morgan fingerprint density at radius 1 is 0.758 bits per heavy atom. The molecule has 0 amide bonds. The fourth-order valence-corrected chi connectivity index (χ4v) is 3.12. The molecule has 6 nitrogen and oxygen atoms in total. The minimum Gasteiger partial charge on any atom is -0.487 e. The molecule has 176 valence electrons. The number of hydrogen-bond donors (Lipinski definition) is 0. The van der Waals surface area contributed by atoms with Crippen LogP contribution in [0.4, 0.5) is 0 Å². The number of rotatable bonds is 12. The SMILES string of the molecule is C=CC(=O)OCC(C)Oc1ccc(C(C)(C)c2ccc(OC(C)COC(=O)C=C)cc2)cc1. The largest absolute Gasteiger partial charge is 0.487 e. The molecule has 0 saturated heterocycles. The molecule has 0 heterocycles. The first-order valence-electron chi connectivity index (χ1n) is 10.8. The third-order valence-corrected chi connectivity index (χ3v) is 5.08. The van der Waals surface area contributed by atoms with E-state index in [2.05, 4.69) is 27.0 Å². The van der Waals surface area contributed by atoms with Crippen molar-refractivity contribution in [2.24, 2.45) is 0 Å². The lowest BCUT2D eigenvalue weighted by atomic mass is 9.78. The van der Waals surface area contributed by atoms with Gasteiger partial charge in [-0.05, 0) is 49.2 Å². The van der Waals surface area contributed by atoms with Gasteiger partial charge in [0.05, 0.1) is 0 Å². The number of hydrogen-bond acceptors (Lipinski definition) is 6. The van der Waals surface area contributed by atoms with Gasteiger partial charge in [0.15, 0.2) is 0 Å². The van der Waals surface area contributed by atoms with Crippen LogP contribution in [0.2, 0.25) is 0 Å². The van der Waals surface area contributed by atoms with Crippen molar-refractivity contribution in [3.05, 3.63) is 85.0 Å². The van der Waals surface area contributed by atoms with E-state index in [1.165, 1.54) is 0 Å². The zero-order valence-corrected chi connectivity index (χ0v) is 19.7. The summed E-state index contributed by atoms with van der Waals surface area (Å²) >= 11 is 0. The van der Waals surface area contributed by atoms with Gasteiger partial charge in [0.2, 0.25) is 0 Å². The Kier molecular flexibility index (Phi) is 9.28. The number of esters is 2. The van der Waals surface area contributed by atoms with Gasteiger partial charge in [-0.3, -0.25) is 0 Å². The van der Waals surface area contributed by atoms with Crippen LogP contribution in [0, 0.1) is 0 Å². The lowest BCUT2D eigenvalue weighted by molar-refractivity contribution is -0.140. The van der Waals surface area contributed by atoms with Gasteiger partial charge in [-0.15, -0.1) is 0 Å². The molecule has 0 aliphatic heterocycles. The maximum Gasteiger partial charge on any atom is 0.330 e. The van der Waals surface area contributed by atoms with Crippen LogP contribution in [0.15, 0.2) is 73.8 Å². The molecule has 0 bridgehead atoms. The second kappa shape index (κ2) is 11.9. The van der Waals surface area contributed by atoms with E-state index >= 15 is 0 Å². The summed E-state index contributed by atoms with van der Waals surface area (Å²) in [4.78, 5) is 22.3. The van der Waals surface area contributed by atoms with Crippen molar-refractivity contribution in [3.63, 3.8) is 0 Å². The average molecular weight is 453 g/mol. The smallest absolute Gasteiger partial charge is 0.330 e. The van der Waals surface area contributed by atoms with Crippen LogP contribution < -0.4 is 9.47 Å². The van der Waals surface area contributed by atoms with Crippen LogP contribution in [0.3, 0.4) is 0 Å². The number of carbonyl (C=O) groups is 2. The van der Waals surface area contributed by atoms with Crippen LogP contribution in [0.1, 0.15) is 38.8 Å². The van der Waals surface area contributed by atoms with Gasteiger partial charge in [-0.25, -0.2) is 9.59 Å². The Morgan fingerprint density at radius 2 is 1.09 bits per heavy atom. The number of benzene rings is 2. The molecule has 2 unspecified atom stereocenters. The van der Waals surface area contributed by atoms with Gasteiger partial charge in [0.1, 0.15) is 36.9 Å². The standard InChI is InChI=1S/C27H32O6/c1-7-25(28)30-17-19(3)32-23-13-9-21(10-14-23)27(5,6)22-11-15-24(16-12-22)33-20(4)18-31-26(29)8-2/h7-16,19-20H,1-2,17-18H2,3-6H3. The molecular formula is C27H32O6. The van der Waals surface area contributed by atoms with Crippen molar-refractivity contribution < 1.29 is 28.5 Å². The maximum absolute atomic E-state index is 11.2. The van der Waals surface area contributed by atoms with Crippen molar-refractivity contribution in [2.45, 2.75) is 45.3 Å². The highest BCUT2D eigenvalue weighted by atomic mass is 16.6. The van der Waals surface area contributed by atoms with Crippen molar-refractivity contribution in [2.75, 3.05) is 13.2 Å². The zero-order chi connectivity index (χ0) is 24.4. The lowest BCUT2D eigenvalue weighted by Crippen LogP contribution is -2.22. The molecule has 2 rings (SSSR count). The molecule has 6 heteroatoms. The van der Waals surface area contributed by atoms with E-state index in [0.29, 0.717) is 11.5 Å². The minimum atomic E-state index is -0.468. The first kappa shape index (κ1) is 25.7. The summed E-state index contributed by atoms with van der Waals surface area (Å²) in [5.41, 5.74) is 2.01. The van der Waals surface area contributed by atoms with Gasteiger partial charge in [0.25, 0.3) is 0 Å². The normalized spacial score (nSPS) is 12.7. The monoisotopic (exact) mass is 452 g/mol. The summed E-state index contributed by atoms with van der Waals surface area (Å²) < 4.78 is 21.6. The topological polar surface area (TPSA) is 71.1 Å². The molecule has 0 radical (unpaired) electrons. The summed E-state index contributed by atoms with van der Waals surface area (Å²) in [5, 5.41) is 0. The van der Waals surface area contributed by atoms with E-state index in [-0.39, 0.29) is 30.8 Å². The van der Waals surface area contributed by atoms with Crippen molar-refractivity contribution >= 4 is 11.9 Å². The minimum absolute atomic E-state index is 0.155. The Balaban J connectivity index is 1.98. The predicted molar refractivity (Wildman–Crippen MR) is 128 cm³/mol. The molecule has 0 aliphatic rings. The molecule has 0 fully saturated rings. The Hall–Kier alpha value is -3.54. The highest BCUT2D eigenvalue weighted by Gasteiger charge is 2.23. The second-order valence-electron chi connectivity index (χ2n) is 8.20. The van der Waals surface area contributed by atoms with Gasteiger partial charge in [-0.1, -0.05) is 51.3 Å². The molecule has 2 aromatic carbocycles. The first-order chi connectivity index (χ1) is 15.6. The Bertz CT molecular complexity index is 866. The van der Waals surface area contributed by atoms with Crippen molar-refractivity contribution in [3.8, 4) is 11.5 Å². The third-order valence-electron chi connectivity index (χ3n) is 5.08. The maximum atomic E-state index is 11.2. The average Bonchev–Trinajstić information content (AvgIpc) is 2.81. The second-order valence-corrected chi connectivity index (χ2v) is 8.20. The van der Waals surface area contributed by atoms with Gasteiger partial charge >= 0.3 is 11.9 Å². The molecule has 0 spiro atoms. The van der Waals surface area contributed by atoms with E-state index < -0.39 is 11.9 Å². The van der Waals surface area contributed by atoms with E-state index in [1.54, 1.807) is 0 Å². The van der Waals surface area contributed by atoms with Crippen molar-refractivity contribution in [1.29, 1.82) is 0 Å². The fraction of sp³-hybridized carbons (Fsp3) is 0.333. The van der Waals surface area contributed by atoms with E-state index in [0.717, 1.165) is 23.3 Å². The number of ether oxygens (including phenoxy) is 4. The lowest BCUT2D eigenvalue weighted by Gasteiger charge is -2.27. The quantitative estimate of drug-likeness (QED) is 0.333. The molecule has 0 N–H and O–H groups in total. The Labute approximate surface area is 195 Å². The van der Waals surface area contributed by atoms with Crippen LogP contribution in [-0.2, 0) is 24.5 Å². The van der Waals surface area contributed by atoms with Crippen molar-refractivity contribution in [1.82, 2.24) is 0 Å². The molecule has 0 aromatic heterocycles. The summed E-state index contributed by atoms with van der Waals surface area (Å²) in [7, 11) is 0. The van der Waals surface area contributed by atoms with Crippen LogP contribution in [0.5, 0.6) is 11.5 Å². The van der Waals surface area contributed by atoms with Crippen LogP contribution >= 0.6 is 0 Å². The number of carbonyl (C=O) groups excluding carboxylic acids is 2. The highest BCUT2D eigenvalue weighted by molar-refractivity contribution is 5.81. The highest BCUT2D eigenvalue weighted by Crippen LogP contribution is 2.33. The molecule has 0 saturated carbocycles. The van der Waals surface area contributed by atoms with Gasteiger partial charge in [-0.2, -0.15) is 0 Å². The summed E-state index contributed by atoms with van der Waals surface area (Å²) in [6.45, 7) is 15.0. The summed E-state index contributed by atoms with van der Waals surface area (Å²) in [6, 6.07) is 15.7. The van der Waals surface area contributed by atoms with Gasteiger partial charge in [0, 0.05) is 17.6 Å². The van der Waals surface area contributed by atoms with Gasteiger partial charge < -0.3 is 18.9 Å². The van der Waals surface area contributed by atoms with E-state index in [1.807, 2.05) is 62.4 Å². The predicted octanol–water partition coefficient (Wildman–Crippen LogP) is 5.01. The molecule has 0 aliphatic carbocycles. The first-order valence-corrected chi connectivity index (χ1v) is 10.8. The van der Waals surface area contributed by atoms with E-state index in [9.17, 15) is 9.59 Å². The summed E-state index contributed by atoms with van der Waals surface area (Å²) in [5.74, 6) is 0.465. The molecule has 33 heavy (non-hydrogen) atoms. The third kappa shape index (κ3) is 7.83. The van der Waals surface area contributed by atoms with E-state index in [4.69, 9.17) is 18.9 Å². The fourth-order valence-electron chi connectivity index (χ4n) is 3.12. The van der Waals surface area contributed by atoms with Crippen LogP contribution in [-0.4, -0.2) is 37.4 Å². The summed E-state index contributed by atoms with van der Waals surface area (Å²) in [6.07, 6.45) is 1.71. The van der Waals surface area contributed by atoms with Crippen LogP contribution in [0.25, 0.3) is 0 Å². The molecule has 2 aromatic rings.